The molecule has 0 radical (unpaired) electrons. The van der Waals surface area contributed by atoms with Crippen molar-refractivity contribution in [3.8, 4) is 0 Å². The first-order valence-corrected chi connectivity index (χ1v) is 9.27. The average Bonchev–Trinajstić information content (AvgIpc) is 3.02. The van der Waals surface area contributed by atoms with Gasteiger partial charge < -0.3 is 10.2 Å². The Bertz CT molecular complexity index is 756. The van der Waals surface area contributed by atoms with E-state index >= 15 is 0 Å². The van der Waals surface area contributed by atoms with Crippen molar-refractivity contribution in [2.24, 2.45) is 5.92 Å². The molecular weight excluding hydrogens is 380 g/mol. The fraction of sp³-hybridized carbons (Fsp3) is 0.300. The van der Waals surface area contributed by atoms with Crippen molar-refractivity contribution in [1.29, 1.82) is 0 Å². The molecule has 0 aliphatic carbocycles. The summed E-state index contributed by atoms with van der Waals surface area (Å²) >= 11 is 3.39. The van der Waals surface area contributed by atoms with Crippen LogP contribution in [-0.4, -0.2) is 18.4 Å². The van der Waals surface area contributed by atoms with Crippen molar-refractivity contribution in [3.63, 3.8) is 0 Å². The van der Waals surface area contributed by atoms with Gasteiger partial charge in [0.2, 0.25) is 11.8 Å². The van der Waals surface area contributed by atoms with Crippen LogP contribution in [0.15, 0.2) is 53.0 Å². The van der Waals surface area contributed by atoms with E-state index in [1.165, 1.54) is 5.56 Å². The predicted octanol–water partition coefficient (Wildman–Crippen LogP) is 3.68. The molecule has 0 aromatic heterocycles. The summed E-state index contributed by atoms with van der Waals surface area (Å²) in [6.07, 6.45) is 1.26. The minimum atomic E-state index is -0.300. The molecule has 1 aliphatic rings. The monoisotopic (exact) mass is 400 g/mol. The molecule has 1 atom stereocenters. The number of hydrogen-bond donors (Lipinski definition) is 1. The molecule has 3 rings (SSSR count). The van der Waals surface area contributed by atoms with E-state index < -0.39 is 0 Å². The lowest BCUT2D eigenvalue weighted by Gasteiger charge is -2.16. The van der Waals surface area contributed by atoms with Gasteiger partial charge in [-0.3, -0.25) is 9.59 Å². The Hall–Kier alpha value is -2.14. The van der Waals surface area contributed by atoms with Crippen molar-refractivity contribution in [2.45, 2.75) is 26.3 Å². The summed E-state index contributed by atoms with van der Waals surface area (Å²) in [5, 5.41) is 2.95. The van der Waals surface area contributed by atoms with E-state index in [-0.39, 0.29) is 24.2 Å². The van der Waals surface area contributed by atoms with Crippen LogP contribution in [0, 0.1) is 5.92 Å². The van der Waals surface area contributed by atoms with E-state index in [2.05, 4.69) is 40.3 Å². The van der Waals surface area contributed by atoms with Crippen LogP contribution in [0.5, 0.6) is 0 Å². The lowest BCUT2D eigenvalue weighted by Crippen LogP contribution is -2.32. The second kappa shape index (κ2) is 7.83. The highest BCUT2D eigenvalue weighted by atomic mass is 79.9. The Labute approximate surface area is 156 Å². The van der Waals surface area contributed by atoms with Crippen LogP contribution in [0.1, 0.15) is 24.5 Å². The number of halogens is 1. The van der Waals surface area contributed by atoms with Crippen LogP contribution in [0.25, 0.3) is 0 Å². The number of carbonyl (C=O) groups is 2. The van der Waals surface area contributed by atoms with Crippen molar-refractivity contribution in [3.05, 3.63) is 64.1 Å². The lowest BCUT2D eigenvalue weighted by atomic mass is 10.1. The molecule has 5 heteroatoms. The topological polar surface area (TPSA) is 49.4 Å². The van der Waals surface area contributed by atoms with Crippen molar-refractivity contribution in [1.82, 2.24) is 5.32 Å². The maximum atomic E-state index is 12.4. The summed E-state index contributed by atoms with van der Waals surface area (Å²) < 4.78 is 0.964. The van der Waals surface area contributed by atoms with Gasteiger partial charge in [-0.15, -0.1) is 0 Å². The second-order valence-electron chi connectivity index (χ2n) is 6.27. The van der Waals surface area contributed by atoms with Crippen LogP contribution in [0.3, 0.4) is 0 Å². The molecule has 25 heavy (non-hydrogen) atoms. The predicted molar refractivity (Wildman–Crippen MR) is 102 cm³/mol. The SMILES string of the molecule is CCc1ccc(CNC(=O)[C@@H]2CC(=O)N(c3ccc(Br)cc3)C2)cc1. The highest BCUT2D eigenvalue weighted by Crippen LogP contribution is 2.26. The molecule has 2 aromatic carbocycles. The molecule has 1 aliphatic heterocycles. The Morgan fingerprint density at radius 2 is 1.76 bits per heavy atom. The first-order valence-electron chi connectivity index (χ1n) is 8.48. The van der Waals surface area contributed by atoms with Gasteiger partial charge in [0.05, 0.1) is 5.92 Å². The minimum Gasteiger partial charge on any atom is -0.352 e. The summed E-state index contributed by atoms with van der Waals surface area (Å²) in [5.41, 5.74) is 3.18. The number of hydrogen-bond acceptors (Lipinski definition) is 2. The van der Waals surface area contributed by atoms with Gasteiger partial charge in [0.1, 0.15) is 0 Å². The first-order chi connectivity index (χ1) is 12.1. The second-order valence-corrected chi connectivity index (χ2v) is 7.19. The van der Waals surface area contributed by atoms with E-state index in [4.69, 9.17) is 0 Å². The Balaban J connectivity index is 1.57. The number of carbonyl (C=O) groups excluding carboxylic acids is 2. The summed E-state index contributed by atoms with van der Waals surface area (Å²) in [5.74, 6) is -0.367. The van der Waals surface area contributed by atoms with Crippen LogP contribution >= 0.6 is 15.9 Å². The van der Waals surface area contributed by atoms with Gasteiger partial charge in [0.25, 0.3) is 0 Å². The number of nitrogens with one attached hydrogen (secondary N) is 1. The van der Waals surface area contributed by atoms with E-state index in [0.29, 0.717) is 13.1 Å². The van der Waals surface area contributed by atoms with Crippen LogP contribution in [-0.2, 0) is 22.6 Å². The number of nitrogens with zero attached hydrogens (tertiary/aromatic N) is 1. The summed E-state index contributed by atoms with van der Waals surface area (Å²) in [7, 11) is 0. The highest BCUT2D eigenvalue weighted by Gasteiger charge is 2.34. The van der Waals surface area contributed by atoms with Crippen LogP contribution in [0.4, 0.5) is 5.69 Å². The first kappa shape index (κ1) is 17.7. The van der Waals surface area contributed by atoms with Crippen molar-refractivity contribution >= 4 is 33.4 Å². The zero-order chi connectivity index (χ0) is 17.8. The Kier molecular flexibility index (Phi) is 5.53. The molecule has 2 aromatic rings. The van der Waals surface area contributed by atoms with Crippen LogP contribution < -0.4 is 10.2 Å². The molecule has 1 fully saturated rings. The zero-order valence-corrected chi connectivity index (χ0v) is 15.8. The number of benzene rings is 2. The molecule has 0 spiro atoms. The molecule has 0 unspecified atom stereocenters. The van der Waals surface area contributed by atoms with E-state index in [1.807, 2.05) is 36.4 Å². The molecule has 1 heterocycles. The smallest absolute Gasteiger partial charge is 0.227 e. The third-order valence-corrected chi connectivity index (χ3v) is 5.06. The van der Waals surface area contributed by atoms with Gasteiger partial charge in [-0.25, -0.2) is 0 Å². The Morgan fingerprint density at radius 1 is 1.12 bits per heavy atom. The number of anilines is 1. The quantitative estimate of drug-likeness (QED) is 0.831. The van der Waals surface area contributed by atoms with Gasteiger partial charge in [-0.1, -0.05) is 47.1 Å². The normalized spacial score (nSPS) is 17.0. The standard InChI is InChI=1S/C20H21BrN2O2/c1-2-14-3-5-15(6-4-14)12-22-20(25)16-11-19(24)23(13-16)18-9-7-17(21)8-10-18/h3-10,16H,2,11-13H2,1H3,(H,22,25)/t16-/m1/s1. The number of aryl methyl sites for hydroxylation is 1. The van der Waals surface area contributed by atoms with Crippen molar-refractivity contribution in [2.75, 3.05) is 11.4 Å². The van der Waals surface area contributed by atoms with Gasteiger partial charge in [0, 0.05) is 29.7 Å². The highest BCUT2D eigenvalue weighted by molar-refractivity contribution is 9.10. The van der Waals surface area contributed by atoms with E-state index in [1.54, 1.807) is 4.90 Å². The molecule has 0 bridgehead atoms. The molecule has 2 amide bonds. The number of amides is 2. The minimum absolute atomic E-state index is 0.00484. The molecule has 130 valence electrons. The maximum absolute atomic E-state index is 12.4. The molecular formula is C20H21BrN2O2. The fourth-order valence-corrected chi connectivity index (χ4v) is 3.24. The van der Waals surface area contributed by atoms with Crippen LogP contribution in [0.2, 0.25) is 0 Å². The molecule has 1 N–H and O–H groups in total. The summed E-state index contributed by atoms with van der Waals surface area (Å²) in [4.78, 5) is 26.4. The van der Waals surface area contributed by atoms with E-state index in [0.717, 1.165) is 22.1 Å². The summed E-state index contributed by atoms with van der Waals surface area (Å²) in [6, 6.07) is 15.8. The van der Waals surface area contributed by atoms with Gasteiger partial charge in [-0.2, -0.15) is 0 Å². The number of rotatable bonds is 5. The van der Waals surface area contributed by atoms with Gasteiger partial charge in [-0.05, 0) is 41.8 Å². The van der Waals surface area contributed by atoms with Gasteiger partial charge >= 0.3 is 0 Å². The summed E-state index contributed by atoms with van der Waals surface area (Å²) in [6.45, 7) is 3.04. The average molecular weight is 401 g/mol. The van der Waals surface area contributed by atoms with Gasteiger partial charge in [0.15, 0.2) is 0 Å². The lowest BCUT2D eigenvalue weighted by molar-refractivity contribution is -0.126. The third-order valence-electron chi connectivity index (χ3n) is 4.53. The maximum Gasteiger partial charge on any atom is 0.227 e. The van der Waals surface area contributed by atoms with Crippen molar-refractivity contribution < 1.29 is 9.59 Å². The molecule has 4 nitrogen and oxygen atoms in total. The Morgan fingerprint density at radius 3 is 2.40 bits per heavy atom. The van der Waals surface area contributed by atoms with E-state index in [9.17, 15) is 9.59 Å². The zero-order valence-electron chi connectivity index (χ0n) is 14.2. The third kappa shape index (κ3) is 4.28. The molecule has 1 saturated heterocycles. The fourth-order valence-electron chi connectivity index (χ4n) is 2.98. The largest absolute Gasteiger partial charge is 0.352 e. The molecule has 0 saturated carbocycles.